The quantitative estimate of drug-likeness (QED) is 0.756. The van der Waals surface area contributed by atoms with E-state index in [1.807, 2.05) is 32.0 Å². The number of ether oxygens (including phenoxy) is 1. The van der Waals surface area contributed by atoms with Crippen LogP contribution in [0.1, 0.15) is 11.1 Å². The molecule has 1 rings (SSSR count). The molecular weight excluding hydrogens is 238 g/mol. The van der Waals surface area contributed by atoms with E-state index in [9.17, 15) is 4.79 Å². The predicted octanol–water partition coefficient (Wildman–Crippen LogP) is 2.38. The van der Waals surface area contributed by atoms with Gasteiger partial charge in [0.25, 0.3) is 0 Å². The number of hydrogen-bond acceptors (Lipinski definition) is 2. The van der Waals surface area contributed by atoms with Gasteiger partial charge in [0.05, 0.1) is 6.54 Å². The summed E-state index contributed by atoms with van der Waals surface area (Å²) in [4.78, 5) is 12.8. The van der Waals surface area contributed by atoms with E-state index < -0.39 is 0 Å². The molecule has 0 saturated heterocycles. The fourth-order valence-electron chi connectivity index (χ4n) is 1.38. The lowest BCUT2D eigenvalue weighted by atomic mass is 10.1. The first-order valence-electron chi connectivity index (χ1n) is 5.54. The molecule has 0 unspecified atom stereocenters. The zero-order valence-electron chi connectivity index (χ0n) is 10.5. The number of halogens is 1. The average Bonchev–Trinajstić information content (AvgIpc) is 2.32. The van der Waals surface area contributed by atoms with Crippen LogP contribution in [0.3, 0.4) is 0 Å². The van der Waals surface area contributed by atoms with Crippen LogP contribution in [-0.4, -0.2) is 36.9 Å². The first kappa shape index (κ1) is 13.8. The summed E-state index contributed by atoms with van der Waals surface area (Å²) in [5, 5.41) is 0. The smallest absolute Gasteiger partial charge is 0.237 e. The fraction of sp³-hybridized carbons (Fsp3) is 0.462. The van der Waals surface area contributed by atoms with E-state index in [1.54, 1.807) is 11.9 Å². The highest BCUT2D eigenvalue weighted by Gasteiger charge is 2.07. The molecule has 94 valence electrons. The summed E-state index contributed by atoms with van der Waals surface area (Å²) in [5.41, 5.74) is 2.26. The lowest BCUT2D eigenvalue weighted by molar-refractivity contribution is -0.127. The van der Waals surface area contributed by atoms with Crippen molar-refractivity contribution in [1.29, 1.82) is 0 Å². The highest BCUT2D eigenvalue weighted by atomic mass is 35.5. The van der Waals surface area contributed by atoms with Gasteiger partial charge in [-0.3, -0.25) is 4.79 Å². The van der Waals surface area contributed by atoms with Gasteiger partial charge in [0.2, 0.25) is 5.91 Å². The average molecular weight is 256 g/mol. The van der Waals surface area contributed by atoms with Crippen molar-refractivity contribution in [1.82, 2.24) is 4.90 Å². The molecule has 0 aliphatic heterocycles. The predicted molar refractivity (Wildman–Crippen MR) is 69.8 cm³/mol. The van der Waals surface area contributed by atoms with Gasteiger partial charge in [-0.05, 0) is 31.0 Å². The molecular formula is C13H18ClNO2. The molecule has 0 aliphatic carbocycles. The van der Waals surface area contributed by atoms with Crippen LogP contribution in [0, 0.1) is 13.8 Å². The Morgan fingerprint density at radius 2 is 2.12 bits per heavy atom. The third-order valence-corrected chi connectivity index (χ3v) is 2.80. The van der Waals surface area contributed by atoms with Gasteiger partial charge in [0.1, 0.15) is 18.2 Å². The molecule has 3 nitrogen and oxygen atoms in total. The Morgan fingerprint density at radius 1 is 1.41 bits per heavy atom. The van der Waals surface area contributed by atoms with E-state index in [1.165, 1.54) is 0 Å². The molecule has 0 N–H and O–H groups in total. The Kier molecular flexibility index (Phi) is 5.29. The summed E-state index contributed by atoms with van der Waals surface area (Å²) in [6.45, 7) is 5.04. The van der Waals surface area contributed by atoms with Crippen LogP contribution >= 0.6 is 11.6 Å². The summed E-state index contributed by atoms with van der Waals surface area (Å²) in [7, 11) is 1.72. The second-order valence-electron chi connectivity index (χ2n) is 4.07. The van der Waals surface area contributed by atoms with Crippen molar-refractivity contribution >= 4 is 17.5 Å². The summed E-state index contributed by atoms with van der Waals surface area (Å²) in [5.74, 6) is 0.799. The molecule has 0 fully saturated rings. The number of amides is 1. The molecule has 0 saturated carbocycles. The zero-order valence-corrected chi connectivity index (χ0v) is 11.3. The molecule has 0 aliphatic rings. The molecule has 1 aromatic carbocycles. The number of carbonyl (C=O) groups is 1. The summed E-state index contributed by atoms with van der Waals surface area (Å²) in [6.07, 6.45) is 0. The van der Waals surface area contributed by atoms with Gasteiger partial charge in [0.15, 0.2) is 0 Å². The van der Waals surface area contributed by atoms with Gasteiger partial charge in [-0.2, -0.15) is 0 Å². The van der Waals surface area contributed by atoms with Crippen LogP contribution in [0.15, 0.2) is 18.2 Å². The number of alkyl halides is 1. The molecule has 1 amide bonds. The van der Waals surface area contributed by atoms with Crippen molar-refractivity contribution in [3.05, 3.63) is 29.3 Å². The second-order valence-corrected chi connectivity index (χ2v) is 4.33. The van der Waals surface area contributed by atoms with E-state index in [0.29, 0.717) is 13.2 Å². The van der Waals surface area contributed by atoms with Gasteiger partial charge in [-0.25, -0.2) is 0 Å². The number of carbonyl (C=O) groups excluding carboxylic acids is 1. The SMILES string of the molecule is Cc1ccc(C)c(OCCN(C)C(=O)CCl)c1. The van der Waals surface area contributed by atoms with Crippen LogP contribution in [0.5, 0.6) is 5.75 Å². The van der Waals surface area contributed by atoms with Gasteiger partial charge >= 0.3 is 0 Å². The number of rotatable bonds is 5. The summed E-state index contributed by atoms with van der Waals surface area (Å²) in [6, 6.07) is 6.07. The van der Waals surface area contributed by atoms with Gasteiger partial charge in [-0.15, -0.1) is 11.6 Å². The number of nitrogens with zero attached hydrogens (tertiary/aromatic N) is 1. The van der Waals surface area contributed by atoms with Crippen molar-refractivity contribution < 1.29 is 9.53 Å². The van der Waals surface area contributed by atoms with Crippen LogP contribution in [0.4, 0.5) is 0 Å². The Balaban J connectivity index is 2.45. The lowest BCUT2D eigenvalue weighted by Crippen LogP contribution is -2.31. The van der Waals surface area contributed by atoms with Crippen LogP contribution in [-0.2, 0) is 4.79 Å². The van der Waals surface area contributed by atoms with Gasteiger partial charge in [-0.1, -0.05) is 12.1 Å². The summed E-state index contributed by atoms with van der Waals surface area (Å²) >= 11 is 5.46. The monoisotopic (exact) mass is 255 g/mol. The molecule has 4 heteroatoms. The van der Waals surface area contributed by atoms with Crippen molar-refractivity contribution in [3.8, 4) is 5.75 Å². The van der Waals surface area contributed by atoms with Crippen LogP contribution in [0.2, 0.25) is 0 Å². The molecule has 0 aromatic heterocycles. The molecule has 0 bridgehead atoms. The van der Waals surface area contributed by atoms with E-state index >= 15 is 0 Å². The highest BCUT2D eigenvalue weighted by Crippen LogP contribution is 2.18. The molecule has 1 aromatic rings. The largest absolute Gasteiger partial charge is 0.491 e. The molecule has 0 radical (unpaired) electrons. The highest BCUT2D eigenvalue weighted by molar-refractivity contribution is 6.27. The number of aryl methyl sites for hydroxylation is 2. The van der Waals surface area contributed by atoms with E-state index in [2.05, 4.69) is 0 Å². The maximum Gasteiger partial charge on any atom is 0.237 e. The van der Waals surface area contributed by atoms with Crippen molar-refractivity contribution in [2.45, 2.75) is 13.8 Å². The molecule has 0 heterocycles. The maximum atomic E-state index is 11.2. The maximum absolute atomic E-state index is 11.2. The Labute approximate surface area is 107 Å². The van der Waals surface area contributed by atoms with Crippen molar-refractivity contribution in [2.24, 2.45) is 0 Å². The Bertz CT molecular complexity index is 393. The molecule has 0 spiro atoms. The standard InChI is InChI=1S/C13H18ClNO2/c1-10-4-5-11(2)12(8-10)17-7-6-15(3)13(16)9-14/h4-5,8H,6-7,9H2,1-3H3. The topological polar surface area (TPSA) is 29.5 Å². The fourth-order valence-corrected chi connectivity index (χ4v) is 1.59. The number of likely N-dealkylation sites (N-methyl/N-ethyl adjacent to an activating group) is 1. The normalized spacial score (nSPS) is 10.1. The zero-order chi connectivity index (χ0) is 12.8. The first-order valence-corrected chi connectivity index (χ1v) is 6.08. The van der Waals surface area contributed by atoms with E-state index in [0.717, 1.165) is 16.9 Å². The molecule has 0 atom stereocenters. The minimum absolute atomic E-state index is 0.0139. The first-order chi connectivity index (χ1) is 8.04. The van der Waals surface area contributed by atoms with Crippen LogP contribution < -0.4 is 4.74 Å². The number of hydrogen-bond donors (Lipinski definition) is 0. The molecule has 17 heavy (non-hydrogen) atoms. The number of benzene rings is 1. The third-order valence-electron chi connectivity index (χ3n) is 2.57. The minimum atomic E-state index is -0.0868. The van der Waals surface area contributed by atoms with Crippen molar-refractivity contribution in [2.75, 3.05) is 26.1 Å². The lowest BCUT2D eigenvalue weighted by Gasteiger charge is -2.17. The van der Waals surface area contributed by atoms with E-state index in [4.69, 9.17) is 16.3 Å². The van der Waals surface area contributed by atoms with Crippen molar-refractivity contribution in [3.63, 3.8) is 0 Å². The third kappa shape index (κ3) is 4.27. The minimum Gasteiger partial charge on any atom is -0.491 e. The van der Waals surface area contributed by atoms with Crippen LogP contribution in [0.25, 0.3) is 0 Å². The Hall–Kier alpha value is -1.22. The van der Waals surface area contributed by atoms with E-state index in [-0.39, 0.29) is 11.8 Å². The van der Waals surface area contributed by atoms with Gasteiger partial charge < -0.3 is 9.64 Å². The van der Waals surface area contributed by atoms with Gasteiger partial charge in [0, 0.05) is 7.05 Å². The Morgan fingerprint density at radius 3 is 2.76 bits per heavy atom. The second kappa shape index (κ2) is 6.50. The summed E-state index contributed by atoms with van der Waals surface area (Å²) < 4.78 is 5.65.